The van der Waals surface area contributed by atoms with E-state index in [1.54, 1.807) is 20.5 Å². The number of fused-ring (bicyclic) bond motifs is 3. The summed E-state index contributed by atoms with van der Waals surface area (Å²) in [7, 11) is 5.15. The molecule has 0 radical (unpaired) electrons. The fraction of sp³-hybridized carbons (Fsp3) is 0.174. The highest BCUT2D eigenvalue weighted by atomic mass is 35.5. The number of methoxy groups -OCH3 is 2. The number of hydrogen-bond acceptors (Lipinski definition) is 7. The van der Waals surface area contributed by atoms with Crippen molar-refractivity contribution in [2.24, 2.45) is 0 Å². The smallest absolute Gasteiger partial charge is 0.213 e. The van der Waals surface area contributed by atoms with Crippen LogP contribution in [0.3, 0.4) is 0 Å². The molecule has 162 valence electrons. The van der Waals surface area contributed by atoms with Crippen molar-refractivity contribution < 1.29 is 13.9 Å². The average Bonchev–Trinajstić information content (AvgIpc) is 3.48. The maximum absolute atomic E-state index is 6.24. The Kier molecular flexibility index (Phi) is 5.07. The van der Waals surface area contributed by atoms with Gasteiger partial charge in [-0.2, -0.15) is 0 Å². The van der Waals surface area contributed by atoms with Gasteiger partial charge in [-0.15, -0.1) is 10.2 Å². The van der Waals surface area contributed by atoms with E-state index in [0.29, 0.717) is 40.5 Å². The first-order valence-corrected chi connectivity index (χ1v) is 10.3. The minimum absolute atomic E-state index is 0.519. The Balaban J connectivity index is 1.75. The van der Waals surface area contributed by atoms with Crippen LogP contribution >= 0.6 is 11.6 Å². The van der Waals surface area contributed by atoms with Crippen molar-refractivity contribution in [3.05, 3.63) is 65.6 Å². The van der Waals surface area contributed by atoms with Crippen LogP contribution in [0, 0.1) is 0 Å². The molecular formula is C23H20ClN5O3. The first kappa shape index (κ1) is 20.1. The summed E-state index contributed by atoms with van der Waals surface area (Å²) >= 11 is 6.24. The topological polar surface area (TPSA) is 77.9 Å². The van der Waals surface area contributed by atoms with Crippen LogP contribution in [0.25, 0.3) is 27.9 Å². The first-order chi connectivity index (χ1) is 15.6. The molecule has 2 aromatic carbocycles. The summed E-state index contributed by atoms with van der Waals surface area (Å²) in [6.45, 7) is 0.519. The fourth-order valence-electron chi connectivity index (χ4n) is 3.72. The van der Waals surface area contributed by atoms with Gasteiger partial charge < -0.3 is 18.8 Å². The number of benzene rings is 2. The maximum atomic E-state index is 6.24. The lowest BCUT2D eigenvalue weighted by atomic mass is 10.2. The second-order valence-electron chi connectivity index (χ2n) is 7.26. The molecule has 8 nitrogen and oxygen atoms in total. The second kappa shape index (κ2) is 8.05. The van der Waals surface area contributed by atoms with Gasteiger partial charge in [-0.05, 0) is 48.5 Å². The van der Waals surface area contributed by atoms with Crippen LogP contribution in [-0.2, 0) is 6.54 Å². The maximum Gasteiger partial charge on any atom is 0.213 e. The van der Waals surface area contributed by atoms with Crippen molar-refractivity contribution in [3.8, 4) is 22.9 Å². The predicted octanol–water partition coefficient (Wildman–Crippen LogP) is 4.84. The SMILES string of the molecule is COc1ccc(-c2nnc3c4ccc(Cl)cc4nc(N(C)Cc4ccco4)n23)cc1OC. The normalized spacial score (nSPS) is 11.2. The summed E-state index contributed by atoms with van der Waals surface area (Å²) in [5, 5.41) is 10.5. The minimum atomic E-state index is 0.519. The molecule has 0 aliphatic carbocycles. The van der Waals surface area contributed by atoms with Crippen LogP contribution in [0.1, 0.15) is 5.76 Å². The van der Waals surface area contributed by atoms with Crippen LogP contribution in [0.4, 0.5) is 5.95 Å². The summed E-state index contributed by atoms with van der Waals surface area (Å²) in [6.07, 6.45) is 1.65. The molecule has 3 heterocycles. The summed E-state index contributed by atoms with van der Waals surface area (Å²) in [6, 6.07) is 15.0. The predicted molar refractivity (Wildman–Crippen MR) is 123 cm³/mol. The van der Waals surface area contributed by atoms with E-state index < -0.39 is 0 Å². The molecule has 0 aliphatic rings. The second-order valence-corrected chi connectivity index (χ2v) is 7.70. The molecule has 0 N–H and O–H groups in total. The molecule has 0 bridgehead atoms. The average molecular weight is 450 g/mol. The van der Waals surface area contributed by atoms with Crippen molar-refractivity contribution in [1.82, 2.24) is 19.6 Å². The highest BCUT2D eigenvalue weighted by Gasteiger charge is 2.20. The van der Waals surface area contributed by atoms with Gasteiger partial charge in [0, 0.05) is 23.0 Å². The van der Waals surface area contributed by atoms with Gasteiger partial charge in [0.05, 0.1) is 32.5 Å². The molecule has 5 rings (SSSR count). The van der Waals surface area contributed by atoms with E-state index in [0.717, 1.165) is 22.2 Å². The molecule has 0 amide bonds. The zero-order valence-electron chi connectivity index (χ0n) is 17.7. The number of ether oxygens (including phenoxy) is 2. The third kappa shape index (κ3) is 3.38. The molecule has 0 atom stereocenters. The molecule has 32 heavy (non-hydrogen) atoms. The molecule has 3 aromatic heterocycles. The van der Waals surface area contributed by atoms with Gasteiger partial charge in [0.1, 0.15) is 5.76 Å². The van der Waals surface area contributed by atoms with Crippen LogP contribution in [-0.4, -0.2) is 40.8 Å². The van der Waals surface area contributed by atoms with Crippen LogP contribution < -0.4 is 14.4 Å². The number of halogens is 1. The quantitative estimate of drug-likeness (QED) is 0.367. The zero-order chi connectivity index (χ0) is 22.2. The Morgan fingerprint density at radius 2 is 1.88 bits per heavy atom. The van der Waals surface area contributed by atoms with E-state index >= 15 is 0 Å². The Morgan fingerprint density at radius 1 is 1.03 bits per heavy atom. The summed E-state index contributed by atoms with van der Waals surface area (Å²) in [4.78, 5) is 6.89. The molecule has 0 spiro atoms. The monoisotopic (exact) mass is 449 g/mol. The van der Waals surface area contributed by atoms with E-state index in [1.165, 1.54) is 0 Å². The molecule has 0 unspecified atom stereocenters. The van der Waals surface area contributed by atoms with Gasteiger partial charge in [-0.25, -0.2) is 9.38 Å². The summed E-state index contributed by atoms with van der Waals surface area (Å²) in [5.41, 5.74) is 2.23. The number of hydrogen-bond donors (Lipinski definition) is 0. The van der Waals surface area contributed by atoms with E-state index in [4.69, 9.17) is 30.5 Å². The number of anilines is 1. The lowest BCUT2D eigenvalue weighted by Gasteiger charge is -2.20. The van der Waals surface area contributed by atoms with E-state index in [1.807, 2.05) is 64.9 Å². The highest BCUT2D eigenvalue weighted by Crippen LogP contribution is 2.34. The van der Waals surface area contributed by atoms with Crippen LogP contribution in [0.2, 0.25) is 5.02 Å². The molecule has 0 saturated heterocycles. The van der Waals surface area contributed by atoms with E-state index in [9.17, 15) is 0 Å². The van der Waals surface area contributed by atoms with Crippen LogP contribution in [0.15, 0.2) is 59.2 Å². The Hall–Kier alpha value is -3.78. The molecule has 0 aliphatic heterocycles. The number of nitrogens with zero attached hydrogens (tertiary/aromatic N) is 5. The van der Waals surface area contributed by atoms with Crippen molar-refractivity contribution in [1.29, 1.82) is 0 Å². The molecule has 0 fully saturated rings. The van der Waals surface area contributed by atoms with E-state index in [2.05, 4.69) is 10.2 Å². The van der Waals surface area contributed by atoms with Gasteiger partial charge in [0.25, 0.3) is 0 Å². The van der Waals surface area contributed by atoms with Gasteiger partial charge in [0.15, 0.2) is 23.0 Å². The van der Waals surface area contributed by atoms with Gasteiger partial charge in [-0.3, -0.25) is 0 Å². The third-order valence-corrected chi connectivity index (χ3v) is 5.48. The lowest BCUT2D eigenvalue weighted by Crippen LogP contribution is -2.21. The molecule has 9 heteroatoms. The summed E-state index contributed by atoms with van der Waals surface area (Å²) < 4.78 is 18.3. The lowest BCUT2D eigenvalue weighted by molar-refractivity contribution is 0.355. The molecule has 0 saturated carbocycles. The van der Waals surface area contributed by atoms with Gasteiger partial charge in [0.2, 0.25) is 5.95 Å². The molecular weight excluding hydrogens is 430 g/mol. The summed E-state index contributed by atoms with van der Waals surface area (Å²) in [5.74, 6) is 3.34. The minimum Gasteiger partial charge on any atom is -0.493 e. The Labute approximate surface area is 189 Å². The number of furan rings is 1. The Morgan fingerprint density at radius 3 is 2.62 bits per heavy atom. The zero-order valence-corrected chi connectivity index (χ0v) is 18.5. The van der Waals surface area contributed by atoms with Crippen molar-refractivity contribution in [2.45, 2.75) is 6.54 Å². The van der Waals surface area contributed by atoms with Gasteiger partial charge in [-0.1, -0.05) is 11.6 Å². The Bertz CT molecular complexity index is 1410. The number of rotatable bonds is 6. The third-order valence-electron chi connectivity index (χ3n) is 5.24. The van der Waals surface area contributed by atoms with Crippen molar-refractivity contribution >= 4 is 34.1 Å². The molecule has 5 aromatic rings. The van der Waals surface area contributed by atoms with Crippen molar-refractivity contribution in [2.75, 3.05) is 26.2 Å². The highest BCUT2D eigenvalue weighted by molar-refractivity contribution is 6.31. The standard InChI is InChI=1S/C23H20ClN5O3/c1-28(13-16-5-4-10-32-16)23-25-18-12-15(24)7-8-17(18)22-27-26-21(29(22)23)14-6-9-19(30-2)20(11-14)31-3/h4-12H,13H2,1-3H3. The van der Waals surface area contributed by atoms with E-state index in [-0.39, 0.29) is 0 Å². The van der Waals surface area contributed by atoms with Crippen molar-refractivity contribution in [3.63, 3.8) is 0 Å². The van der Waals surface area contributed by atoms with Gasteiger partial charge >= 0.3 is 0 Å². The fourth-order valence-corrected chi connectivity index (χ4v) is 3.88. The largest absolute Gasteiger partial charge is 0.493 e. The number of aromatic nitrogens is 4. The van der Waals surface area contributed by atoms with Crippen LogP contribution in [0.5, 0.6) is 11.5 Å². The first-order valence-electron chi connectivity index (χ1n) is 9.89.